The number of benzene rings is 1. The Balaban J connectivity index is 2.11. The fourth-order valence-electron chi connectivity index (χ4n) is 1.90. The molecule has 0 fully saturated rings. The van der Waals surface area contributed by atoms with Crippen molar-refractivity contribution in [1.82, 2.24) is 9.97 Å². The molecular weight excluding hydrogens is 258 g/mol. The third-order valence-electron chi connectivity index (χ3n) is 2.93. The van der Waals surface area contributed by atoms with E-state index in [4.69, 9.17) is 11.6 Å². The highest BCUT2D eigenvalue weighted by Crippen LogP contribution is 2.16. The van der Waals surface area contributed by atoms with Crippen LogP contribution in [0.15, 0.2) is 42.7 Å². The lowest BCUT2D eigenvalue weighted by Crippen LogP contribution is -2.24. The summed E-state index contributed by atoms with van der Waals surface area (Å²) in [6.45, 7) is 3.98. The second kappa shape index (κ2) is 7.10. The zero-order chi connectivity index (χ0) is 13.5. The van der Waals surface area contributed by atoms with E-state index in [1.165, 1.54) is 12.1 Å². The minimum atomic E-state index is 0.434. The molecule has 0 spiro atoms. The average Bonchev–Trinajstić information content (AvgIpc) is 2.46. The zero-order valence-corrected chi connectivity index (χ0v) is 11.8. The topological polar surface area (TPSA) is 29.0 Å². The molecule has 19 heavy (non-hydrogen) atoms. The number of hydrogen-bond donors (Lipinski definition) is 0. The van der Waals surface area contributed by atoms with Crippen LogP contribution in [0.1, 0.15) is 25.5 Å². The van der Waals surface area contributed by atoms with Crippen molar-refractivity contribution in [3.63, 3.8) is 0 Å². The lowest BCUT2D eigenvalue weighted by atomic mass is 10.2. The summed E-state index contributed by atoms with van der Waals surface area (Å²) in [7, 11) is 0. The molecule has 1 aromatic heterocycles. The number of halogens is 1. The van der Waals surface area contributed by atoms with Crippen molar-refractivity contribution in [2.75, 3.05) is 11.4 Å². The summed E-state index contributed by atoms with van der Waals surface area (Å²) in [6, 6.07) is 10.4. The van der Waals surface area contributed by atoms with E-state index in [-0.39, 0.29) is 0 Å². The van der Waals surface area contributed by atoms with Gasteiger partial charge in [-0.15, -0.1) is 0 Å². The van der Waals surface area contributed by atoms with Gasteiger partial charge in [-0.3, -0.25) is 4.98 Å². The molecule has 0 saturated heterocycles. The summed E-state index contributed by atoms with van der Waals surface area (Å²) in [6.07, 6.45) is 5.68. The van der Waals surface area contributed by atoms with Crippen LogP contribution in [0.4, 0.5) is 5.69 Å². The average molecular weight is 276 g/mol. The van der Waals surface area contributed by atoms with Crippen molar-refractivity contribution in [2.45, 2.75) is 26.3 Å². The van der Waals surface area contributed by atoms with E-state index in [0.717, 1.165) is 25.2 Å². The number of hydrogen-bond acceptors (Lipinski definition) is 3. The van der Waals surface area contributed by atoms with Gasteiger partial charge in [0.25, 0.3) is 0 Å². The maximum Gasteiger partial charge on any atom is 0.147 e. The van der Waals surface area contributed by atoms with Crippen LogP contribution < -0.4 is 4.90 Å². The second-order valence-electron chi connectivity index (χ2n) is 4.44. The molecule has 0 N–H and O–H groups in total. The van der Waals surface area contributed by atoms with E-state index < -0.39 is 0 Å². The molecule has 1 heterocycles. The third-order valence-corrected chi connectivity index (χ3v) is 3.12. The first-order valence-electron chi connectivity index (χ1n) is 6.56. The molecule has 0 amide bonds. The molecule has 4 heteroatoms. The second-order valence-corrected chi connectivity index (χ2v) is 4.83. The molecule has 0 saturated carbocycles. The summed E-state index contributed by atoms with van der Waals surface area (Å²) >= 11 is 5.76. The smallest absolute Gasteiger partial charge is 0.147 e. The molecule has 0 bridgehead atoms. The predicted octanol–water partition coefficient (Wildman–Crippen LogP) is 3.94. The van der Waals surface area contributed by atoms with Gasteiger partial charge in [0.15, 0.2) is 0 Å². The standard InChI is InChI=1S/C15H18ClN3/c1-2-3-9-19(14-7-5-4-6-8-14)12-13-10-18-15(16)11-17-13/h4-8,10-11H,2-3,9,12H2,1H3. The molecule has 2 aromatic rings. The number of rotatable bonds is 6. The van der Waals surface area contributed by atoms with Gasteiger partial charge in [0.05, 0.1) is 24.6 Å². The molecule has 0 aliphatic rings. The zero-order valence-electron chi connectivity index (χ0n) is 11.1. The fourth-order valence-corrected chi connectivity index (χ4v) is 2.00. The molecule has 0 radical (unpaired) electrons. The molecule has 0 unspecified atom stereocenters. The van der Waals surface area contributed by atoms with Crippen molar-refractivity contribution >= 4 is 17.3 Å². The number of aromatic nitrogens is 2. The van der Waals surface area contributed by atoms with Crippen LogP contribution in [-0.2, 0) is 6.54 Å². The van der Waals surface area contributed by atoms with Crippen LogP contribution in [0.2, 0.25) is 5.15 Å². The Kier molecular flexibility index (Phi) is 5.16. The van der Waals surface area contributed by atoms with Gasteiger partial charge in [-0.2, -0.15) is 0 Å². The number of anilines is 1. The molecule has 0 aliphatic heterocycles. The monoisotopic (exact) mass is 275 g/mol. The normalized spacial score (nSPS) is 10.4. The van der Waals surface area contributed by atoms with Crippen molar-refractivity contribution < 1.29 is 0 Å². The lowest BCUT2D eigenvalue weighted by molar-refractivity contribution is 0.706. The van der Waals surface area contributed by atoms with Crippen LogP contribution in [0.5, 0.6) is 0 Å². The van der Waals surface area contributed by atoms with E-state index in [9.17, 15) is 0 Å². The molecule has 0 atom stereocenters. The minimum Gasteiger partial charge on any atom is -0.366 e. The van der Waals surface area contributed by atoms with E-state index in [2.05, 4.69) is 46.1 Å². The first kappa shape index (κ1) is 13.8. The number of nitrogens with zero attached hydrogens (tertiary/aromatic N) is 3. The van der Waals surface area contributed by atoms with Gasteiger partial charge in [-0.05, 0) is 18.6 Å². The van der Waals surface area contributed by atoms with E-state index >= 15 is 0 Å². The summed E-state index contributed by atoms with van der Waals surface area (Å²) in [5.41, 5.74) is 2.15. The quantitative estimate of drug-likeness (QED) is 0.800. The van der Waals surface area contributed by atoms with Crippen LogP contribution in [0.25, 0.3) is 0 Å². The first-order valence-corrected chi connectivity index (χ1v) is 6.94. The van der Waals surface area contributed by atoms with Gasteiger partial charge in [-0.1, -0.05) is 43.1 Å². The van der Waals surface area contributed by atoms with Crippen LogP contribution >= 0.6 is 11.6 Å². The highest BCUT2D eigenvalue weighted by Gasteiger charge is 2.07. The highest BCUT2D eigenvalue weighted by molar-refractivity contribution is 6.29. The summed E-state index contributed by atoms with van der Waals surface area (Å²) in [5.74, 6) is 0. The Morgan fingerprint density at radius 1 is 1.11 bits per heavy atom. The Bertz CT molecular complexity index is 485. The molecule has 2 rings (SSSR count). The van der Waals surface area contributed by atoms with Crippen LogP contribution in [0, 0.1) is 0 Å². The molecular formula is C15H18ClN3. The SMILES string of the molecule is CCCCN(Cc1cnc(Cl)cn1)c1ccccc1. The third kappa shape index (κ3) is 4.21. The van der Waals surface area contributed by atoms with Gasteiger partial charge in [0.1, 0.15) is 5.15 Å². The summed E-state index contributed by atoms with van der Waals surface area (Å²) in [5, 5.41) is 0.434. The Hall–Kier alpha value is -1.61. The molecule has 3 nitrogen and oxygen atoms in total. The molecule has 100 valence electrons. The van der Waals surface area contributed by atoms with Crippen molar-refractivity contribution in [1.29, 1.82) is 0 Å². The molecule has 0 aliphatic carbocycles. The summed E-state index contributed by atoms with van der Waals surface area (Å²) in [4.78, 5) is 10.7. The van der Waals surface area contributed by atoms with E-state index in [0.29, 0.717) is 5.15 Å². The predicted molar refractivity (Wildman–Crippen MR) is 79.4 cm³/mol. The fraction of sp³-hybridized carbons (Fsp3) is 0.333. The molecule has 1 aromatic carbocycles. The van der Waals surface area contributed by atoms with Crippen molar-refractivity contribution in [3.8, 4) is 0 Å². The Morgan fingerprint density at radius 2 is 1.89 bits per heavy atom. The number of unbranched alkanes of at least 4 members (excludes halogenated alkanes) is 1. The van der Waals surface area contributed by atoms with Gasteiger partial charge in [0.2, 0.25) is 0 Å². The van der Waals surface area contributed by atoms with E-state index in [1.54, 1.807) is 12.4 Å². The minimum absolute atomic E-state index is 0.434. The van der Waals surface area contributed by atoms with Crippen LogP contribution in [-0.4, -0.2) is 16.5 Å². The largest absolute Gasteiger partial charge is 0.366 e. The number of para-hydroxylation sites is 1. The Labute approximate surface area is 119 Å². The van der Waals surface area contributed by atoms with E-state index in [1.807, 2.05) is 6.07 Å². The Morgan fingerprint density at radius 3 is 2.53 bits per heavy atom. The van der Waals surface area contributed by atoms with Crippen molar-refractivity contribution in [2.24, 2.45) is 0 Å². The van der Waals surface area contributed by atoms with Crippen molar-refractivity contribution in [3.05, 3.63) is 53.6 Å². The lowest BCUT2D eigenvalue weighted by Gasteiger charge is -2.24. The highest BCUT2D eigenvalue weighted by atomic mass is 35.5. The van der Waals surface area contributed by atoms with Gasteiger partial charge >= 0.3 is 0 Å². The van der Waals surface area contributed by atoms with Gasteiger partial charge in [-0.25, -0.2) is 4.98 Å². The summed E-state index contributed by atoms with van der Waals surface area (Å²) < 4.78 is 0. The maximum absolute atomic E-state index is 5.76. The maximum atomic E-state index is 5.76. The van der Waals surface area contributed by atoms with Crippen LogP contribution in [0.3, 0.4) is 0 Å². The van der Waals surface area contributed by atoms with Gasteiger partial charge < -0.3 is 4.90 Å². The van der Waals surface area contributed by atoms with Gasteiger partial charge in [0, 0.05) is 12.2 Å². The first-order chi connectivity index (χ1) is 9.29.